The molecule has 1 aromatic carbocycles. The summed E-state index contributed by atoms with van der Waals surface area (Å²) in [7, 11) is 0. The van der Waals surface area contributed by atoms with Crippen molar-refractivity contribution in [2.45, 2.75) is 32.1 Å². The number of allylic oxidation sites excluding steroid dienone is 4. The van der Waals surface area contributed by atoms with Gasteiger partial charge in [0.15, 0.2) is 0 Å². The van der Waals surface area contributed by atoms with Gasteiger partial charge in [-0.25, -0.2) is 0 Å². The Hall–Kier alpha value is -2.07. The first-order valence-electron chi connectivity index (χ1n) is 8.86. The Morgan fingerprint density at radius 2 is 1.92 bits per heavy atom. The number of morpholine rings is 1. The van der Waals surface area contributed by atoms with Crippen LogP contribution >= 0.6 is 0 Å². The maximum Gasteiger partial charge on any atom is 0.211 e. The van der Waals surface area contributed by atoms with Crippen molar-refractivity contribution in [2.75, 3.05) is 31.6 Å². The third-order valence-corrected chi connectivity index (χ3v) is 4.81. The van der Waals surface area contributed by atoms with Gasteiger partial charge in [-0.1, -0.05) is 29.8 Å². The number of carbonyl (C=O) groups excluding carboxylic acids is 1. The Balaban J connectivity index is 1.50. The van der Waals surface area contributed by atoms with Crippen LogP contribution in [-0.2, 0) is 16.0 Å². The van der Waals surface area contributed by atoms with Gasteiger partial charge in [-0.05, 0) is 49.8 Å². The summed E-state index contributed by atoms with van der Waals surface area (Å²) in [5.41, 5.74) is 5.14. The minimum atomic E-state index is 0.750. The van der Waals surface area contributed by atoms with E-state index >= 15 is 0 Å². The fourth-order valence-electron chi connectivity index (χ4n) is 3.44. The zero-order valence-electron chi connectivity index (χ0n) is 14.2. The van der Waals surface area contributed by atoms with E-state index in [-0.39, 0.29) is 0 Å². The highest BCUT2D eigenvalue weighted by atomic mass is 16.5. The summed E-state index contributed by atoms with van der Waals surface area (Å²) < 4.78 is 5.42. The molecular weight excluding hydrogens is 300 g/mol. The normalized spacial score (nSPS) is 17.9. The van der Waals surface area contributed by atoms with Crippen LogP contribution in [-0.4, -0.2) is 37.6 Å². The second kappa shape index (κ2) is 8.69. The monoisotopic (exact) mass is 326 g/mol. The van der Waals surface area contributed by atoms with Crippen molar-refractivity contribution in [3.8, 4) is 0 Å². The van der Waals surface area contributed by atoms with Gasteiger partial charge in [0.05, 0.1) is 13.2 Å². The van der Waals surface area contributed by atoms with E-state index in [2.05, 4.69) is 28.4 Å². The first-order chi connectivity index (χ1) is 11.9. The van der Waals surface area contributed by atoms with E-state index in [1.54, 1.807) is 0 Å². The summed E-state index contributed by atoms with van der Waals surface area (Å²) in [5.74, 6) is 0. The molecule has 3 rings (SSSR count). The number of para-hydroxylation sites is 1. The standard InChI is InChI=1S/C20H26N2O2/c23-16-21-20-7-2-1-5-18(20)6-3-4-17-8-10-19(11-9-17)22-12-14-24-15-13-22/h1-2,5,7-8,10,16H,3-4,6,9,11-15H2,(H,21,23). The average molecular weight is 326 g/mol. The molecule has 0 bridgehead atoms. The molecule has 0 saturated carbocycles. The van der Waals surface area contributed by atoms with Crippen molar-refractivity contribution in [1.82, 2.24) is 4.90 Å². The SMILES string of the molecule is O=CNc1ccccc1CCCC1=CC=C(N2CCOCC2)CC1. The Morgan fingerprint density at radius 1 is 1.08 bits per heavy atom. The summed E-state index contributed by atoms with van der Waals surface area (Å²) in [6.45, 7) is 3.75. The van der Waals surface area contributed by atoms with E-state index in [9.17, 15) is 4.79 Å². The summed E-state index contributed by atoms with van der Waals surface area (Å²) in [4.78, 5) is 13.1. The molecule has 128 valence electrons. The number of rotatable bonds is 7. The van der Waals surface area contributed by atoms with Crippen molar-refractivity contribution in [3.63, 3.8) is 0 Å². The maximum atomic E-state index is 10.7. The van der Waals surface area contributed by atoms with E-state index in [4.69, 9.17) is 4.74 Å². The van der Waals surface area contributed by atoms with Crippen molar-refractivity contribution in [1.29, 1.82) is 0 Å². The molecule has 0 atom stereocenters. The van der Waals surface area contributed by atoms with Gasteiger partial charge < -0.3 is 15.0 Å². The van der Waals surface area contributed by atoms with Crippen molar-refractivity contribution >= 4 is 12.1 Å². The molecule has 4 heteroatoms. The largest absolute Gasteiger partial charge is 0.378 e. The highest BCUT2D eigenvalue weighted by molar-refractivity contribution is 5.73. The van der Waals surface area contributed by atoms with Gasteiger partial charge in [-0.2, -0.15) is 0 Å². The molecule has 1 amide bonds. The second-order valence-electron chi connectivity index (χ2n) is 6.36. The Bertz CT molecular complexity index is 616. The van der Waals surface area contributed by atoms with E-state index in [1.165, 1.54) is 16.8 Å². The average Bonchev–Trinajstić information content (AvgIpc) is 2.65. The van der Waals surface area contributed by atoms with Gasteiger partial charge in [-0.15, -0.1) is 0 Å². The quantitative estimate of drug-likeness (QED) is 0.780. The number of nitrogens with one attached hydrogen (secondary N) is 1. The Labute approximate surface area is 144 Å². The molecule has 1 saturated heterocycles. The first kappa shape index (κ1) is 16.8. The topological polar surface area (TPSA) is 41.6 Å². The zero-order valence-corrected chi connectivity index (χ0v) is 14.2. The third-order valence-electron chi connectivity index (χ3n) is 4.81. The van der Waals surface area contributed by atoms with Crippen LogP contribution in [0, 0.1) is 0 Å². The second-order valence-corrected chi connectivity index (χ2v) is 6.36. The molecule has 4 nitrogen and oxygen atoms in total. The Morgan fingerprint density at radius 3 is 2.67 bits per heavy atom. The molecule has 2 aliphatic rings. The van der Waals surface area contributed by atoms with E-state index in [1.807, 2.05) is 18.2 Å². The van der Waals surface area contributed by atoms with Crippen LogP contribution in [0.4, 0.5) is 5.69 Å². The van der Waals surface area contributed by atoms with Crippen LogP contribution in [0.5, 0.6) is 0 Å². The lowest BCUT2D eigenvalue weighted by Crippen LogP contribution is -2.35. The van der Waals surface area contributed by atoms with E-state index in [0.717, 1.165) is 70.5 Å². The van der Waals surface area contributed by atoms with E-state index < -0.39 is 0 Å². The fourth-order valence-corrected chi connectivity index (χ4v) is 3.44. The smallest absolute Gasteiger partial charge is 0.211 e. The molecule has 1 fully saturated rings. The van der Waals surface area contributed by atoms with Gasteiger partial charge in [-0.3, -0.25) is 4.79 Å². The number of benzene rings is 1. The maximum absolute atomic E-state index is 10.7. The molecule has 0 radical (unpaired) electrons. The fraction of sp³-hybridized carbons (Fsp3) is 0.450. The number of carbonyl (C=O) groups is 1. The summed E-state index contributed by atoms with van der Waals surface area (Å²) >= 11 is 0. The minimum absolute atomic E-state index is 0.750. The van der Waals surface area contributed by atoms with Gasteiger partial charge >= 0.3 is 0 Å². The van der Waals surface area contributed by atoms with Gasteiger partial charge in [0.2, 0.25) is 6.41 Å². The highest BCUT2D eigenvalue weighted by Crippen LogP contribution is 2.26. The lowest BCUT2D eigenvalue weighted by Gasteiger charge is -2.32. The molecule has 1 aliphatic heterocycles. The number of ether oxygens (including phenoxy) is 1. The minimum Gasteiger partial charge on any atom is -0.378 e. The molecule has 24 heavy (non-hydrogen) atoms. The van der Waals surface area contributed by atoms with Crippen LogP contribution < -0.4 is 5.32 Å². The molecule has 1 N–H and O–H groups in total. The molecule has 0 unspecified atom stereocenters. The molecular formula is C20H26N2O2. The van der Waals surface area contributed by atoms with Gasteiger partial charge in [0.25, 0.3) is 0 Å². The van der Waals surface area contributed by atoms with Crippen LogP contribution in [0.25, 0.3) is 0 Å². The number of nitrogens with zero attached hydrogens (tertiary/aromatic N) is 1. The number of hydrogen-bond donors (Lipinski definition) is 1. The molecule has 0 aromatic heterocycles. The predicted octanol–water partition coefficient (Wildman–Crippen LogP) is 3.51. The molecule has 1 aliphatic carbocycles. The van der Waals surface area contributed by atoms with E-state index in [0.29, 0.717) is 0 Å². The van der Waals surface area contributed by atoms with Crippen LogP contribution in [0.1, 0.15) is 31.2 Å². The first-order valence-corrected chi connectivity index (χ1v) is 8.86. The molecule has 1 heterocycles. The van der Waals surface area contributed by atoms with Gasteiger partial charge in [0.1, 0.15) is 0 Å². The molecule has 0 spiro atoms. The zero-order chi connectivity index (χ0) is 16.6. The summed E-state index contributed by atoms with van der Waals surface area (Å²) in [6, 6.07) is 8.04. The van der Waals surface area contributed by atoms with Crippen molar-refractivity contribution in [3.05, 3.63) is 53.3 Å². The lowest BCUT2D eigenvalue weighted by molar-refractivity contribution is -0.105. The number of aryl methyl sites for hydroxylation is 1. The number of anilines is 1. The molecule has 1 aromatic rings. The summed E-state index contributed by atoms with van der Waals surface area (Å²) in [5, 5.41) is 2.79. The van der Waals surface area contributed by atoms with Crippen LogP contribution in [0.3, 0.4) is 0 Å². The van der Waals surface area contributed by atoms with Gasteiger partial charge in [0, 0.05) is 24.5 Å². The highest BCUT2D eigenvalue weighted by Gasteiger charge is 2.15. The summed E-state index contributed by atoms with van der Waals surface area (Å²) in [6.07, 6.45) is 10.9. The van der Waals surface area contributed by atoms with Crippen LogP contribution in [0.2, 0.25) is 0 Å². The van der Waals surface area contributed by atoms with Crippen molar-refractivity contribution in [2.24, 2.45) is 0 Å². The predicted molar refractivity (Wildman–Crippen MR) is 96.9 cm³/mol. The van der Waals surface area contributed by atoms with Crippen LogP contribution in [0.15, 0.2) is 47.7 Å². The Kier molecular flexibility index (Phi) is 6.07. The number of amides is 1. The number of hydrogen-bond acceptors (Lipinski definition) is 3. The van der Waals surface area contributed by atoms with Crippen molar-refractivity contribution < 1.29 is 9.53 Å². The third kappa shape index (κ3) is 4.48. The lowest BCUT2D eigenvalue weighted by atomic mass is 9.95.